The maximum Gasteiger partial charge on any atom is 0.166 e. The SMILES string of the molecule is COc1cccc(C=NCCCN=Cc2cnc[nH]2)c1O. The monoisotopic (exact) mass is 286 g/mol. The third-order valence-corrected chi connectivity index (χ3v) is 2.80. The molecule has 0 fully saturated rings. The summed E-state index contributed by atoms with van der Waals surface area (Å²) in [6.45, 7) is 1.34. The van der Waals surface area contributed by atoms with E-state index in [9.17, 15) is 5.11 Å². The summed E-state index contributed by atoms with van der Waals surface area (Å²) in [5.74, 6) is 0.559. The van der Waals surface area contributed by atoms with Gasteiger partial charge in [0.15, 0.2) is 11.5 Å². The number of hydrogen-bond acceptors (Lipinski definition) is 5. The molecular formula is C15H18N4O2. The number of aromatic hydroxyl groups is 1. The van der Waals surface area contributed by atoms with Crippen LogP contribution >= 0.6 is 0 Å². The van der Waals surface area contributed by atoms with Crippen LogP contribution in [0.5, 0.6) is 11.5 Å². The van der Waals surface area contributed by atoms with E-state index in [1.54, 1.807) is 37.1 Å². The molecule has 2 N–H and O–H groups in total. The van der Waals surface area contributed by atoms with Gasteiger partial charge in [-0.2, -0.15) is 0 Å². The Morgan fingerprint density at radius 2 is 2.10 bits per heavy atom. The van der Waals surface area contributed by atoms with Crippen LogP contribution < -0.4 is 4.74 Å². The first-order chi connectivity index (χ1) is 10.3. The van der Waals surface area contributed by atoms with E-state index in [4.69, 9.17) is 4.74 Å². The Balaban J connectivity index is 1.76. The van der Waals surface area contributed by atoms with E-state index < -0.39 is 0 Å². The van der Waals surface area contributed by atoms with Gasteiger partial charge in [0, 0.05) is 31.1 Å². The second kappa shape index (κ2) is 7.84. The molecule has 1 heterocycles. The van der Waals surface area contributed by atoms with Crippen molar-refractivity contribution in [3.8, 4) is 11.5 Å². The molecule has 0 spiro atoms. The summed E-state index contributed by atoms with van der Waals surface area (Å²) in [6, 6.07) is 5.31. The first-order valence-electron chi connectivity index (χ1n) is 6.65. The van der Waals surface area contributed by atoms with Gasteiger partial charge < -0.3 is 14.8 Å². The third kappa shape index (κ3) is 4.45. The first kappa shape index (κ1) is 14.8. The zero-order valence-electron chi connectivity index (χ0n) is 11.9. The maximum absolute atomic E-state index is 9.89. The van der Waals surface area contributed by atoms with E-state index in [0.29, 0.717) is 24.4 Å². The average molecular weight is 286 g/mol. The Hall–Kier alpha value is -2.63. The number of para-hydroxylation sites is 1. The Labute approximate surface area is 123 Å². The zero-order valence-corrected chi connectivity index (χ0v) is 11.9. The predicted molar refractivity (Wildman–Crippen MR) is 82.8 cm³/mol. The number of nitrogens with one attached hydrogen (secondary N) is 1. The summed E-state index contributed by atoms with van der Waals surface area (Å²) >= 11 is 0. The van der Waals surface area contributed by atoms with Crippen molar-refractivity contribution in [3.05, 3.63) is 42.0 Å². The van der Waals surface area contributed by atoms with Gasteiger partial charge in [0.2, 0.25) is 0 Å². The van der Waals surface area contributed by atoms with Crippen LogP contribution in [0.2, 0.25) is 0 Å². The van der Waals surface area contributed by atoms with Gasteiger partial charge >= 0.3 is 0 Å². The molecule has 0 radical (unpaired) electrons. The fourth-order valence-corrected chi connectivity index (χ4v) is 1.72. The lowest BCUT2D eigenvalue weighted by molar-refractivity contribution is 0.373. The van der Waals surface area contributed by atoms with Crippen LogP contribution in [0.15, 0.2) is 40.7 Å². The van der Waals surface area contributed by atoms with Gasteiger partial charge in [0.1, 0.15) is 0 Å². The summed E-state index contributed by atoms with van der Waals surface area (Å²) in [5, 5.41) is 9.89. The summed E-state index contributed by atoms with van der Waals surface area (Å²) < 4.78 is 5.04. The van der Waals surface area contributed by atoms with Crippen molar-refractivity contribution in [2.45, 2.75) is 6.42 Å². The number of H-pyrrole nitrogens is 1. The first-order valence-corrected chi connectivity index (χ1v) is 6.65. The van der Waals surface area contributed by atoms with Gasteiger partial charge in [-0.3, -0.25) is 9.98 Å². The van der Waals surface area contributed by atoms with Gasteiger partial charge in [-0.15, -0.1) is 0 Å². The highest BCUT2D eigenvalue weighted by atomic mass is 16.5. The molecule has 0 atom stereocenters. The number of hydrogen-bond donors (Lipinski definition) is 2. The minimum atomic E-state index is 0.112. The van der Waals surface area contributed by atoms with Crippen molar-refractivity contribution in [2.75, 3.05) is 20.2 Å². The molecule has 6 heteroatoms. The molecule has 0 saturated carbocycles. The van der Waals surface area contributed by atoms with Crippen LogP contribution in [0, 0.1) is 0 Å². The number of aromatic amines is 1. The predicted octanol–water partition coefficient (Wildman–Crippen LogP) is 2.05. The summed E-state index contributed by atoms with van der Waals surface area (Å²) in [5.41, 5.74) is 1.54. The summed E-state index contributed by atoms with van der Waals surface area (Å²) in [6.07, 6.45) is 7.58. The minimum Gasteiger partial charge on any atom is -0.504 e. The van der Waals surface area contributed by atoms with Crippen LogP contribution in [0.25, 0.3) is 0 Å². The number of aromatic nitrogens is 2. The molecule has 0 amide bonds. The van der Waals surface area contributed by atoms with E-state index in [2.05, 4.69) is 20.0 Å². The lowest BCUT2D eigenvalue weighted by Crippen LogP contribution is -1.91. The number of methoxy groups -OCH3 is 1. The number of aliphatic imine (C=N–C) groups is 2. The lowest BCUT2D eigenvalue weighted by atomic mass is 10.2. The number of phenolic OH excluding ortho intramolecular Hbond substituents is 1. The van der Waals surface area contributed by atoms with E-state index in [0.717, 1.165) is 12.1 Å². The average Bonchev–Trinajstić information content (AvgIpc) is 3.01. The molecular weight excluding hydrogens is 268 g/mol. The molecule has 0 unspecified atom stereocenters. The molecule has 0 aliphatic heterocycles. The van der Waals surface area contributed by atoms with Gasteiger partial charge in [-0.05, 0) is 18.6 Å². The van der Waals surface area contributed by atoms with Crippen LogP contribution in [-0.2, 0) is 0 Å². The molecule has 0 bridgehead atoms. The van der Waals surface area contributed by atoms with E-state index in [1.165, 1.54) is 7.11 Å². The van der Waals surface area contributed by atoms with Crippen LogP contribution in [0.1, 0.15) is 17.7 Å². The third-order valence-electron chi connectivity index (χ3n) is 2.80. The molecule has 0 saturated heterocycles. The van der Waals surface area contributed by atoms with Crippen molar-refractivity contribution < 1.29 is 9.84 Å². The Morgan fingerprint density at radius 1 is 1.29 bits per heavy atom. The fourth-order valence-electron chi connectivity index (χ4n) is 1.72. The molecule has 0 aliphatic carbocycles. The number of ether oxygens (including phenoxy) is 1. The topological polar surface area (TPSA) is 82.9 Å². The minimum absolute atomic E-state index is 0.112. The Morgan fingerprint density at radius 3 is 2.81 bits per heavy atom. The standard InChI is InChI=1S/C15H18N4O2/c1-21-14-5-2-4-12(15(14)20)8-16-6-3-7-17-9-13-10-18-11-19-13/h2,4-5,8-11,20H,3,6-7H2,1H3,(H,18,19). The molecule has 6 nitrogen and oxygen atoms in total. The smallest absolute Gasteiger partial charge is 0.166 e. The number of nitrogens with zero attached hydrogens (tertiary/aromatic N) is 3. The molecule has 2 rings (SSSR count). The second-order valence-electron chi connectivity index (χ2n) is 4.33. The Bertz CT molecular complexity index is 606. The van der Waals surface area contributed by atoms with Gasteiger partial charge in [0.05, 0.1) is 25.3 Å². The second-order valence-corrected chi connectivity index (χ2v) is 4.33. The molecule has 2 aromatic rings. The van der Waals surface area contributed by atoms with Crippen molar-refractivity contribution in [1.29, 1.82) is 0 Å². The van der Waals surface area contributed by atoms with Gasteiger partial charge in [-0.25, -0.2) is 4.98 Å². The quantitative estimate of drug-likeness (QED) is 0.603. The fraction of sp³-hybridized carbons (Fsp3) is 0.267. The highest BCUT2D eigenvalue weighted by molar-refractivity contribution is 5.84. The van der Waals surface area contributed by atoms with Crippen molar-refractivity contribution >= 4 is 12.4 Å². The normalized spacial score (nSPS) is 11.5. The largest absolute Gasteiger partial charge is 0.504 e. The zero-order chi connectivity index (χ0) is 14.9. The van der Waals surface area contributed by atoms with Crippen molar-refractivity contribution in [3.63, 3.8) is 0 Å². The highest BCUT2D eigenvalue weighted by Gasteiger charge is 2.04. The van der Waals surface area contributed by atoms with Crippen LogP contribution in [-0.4, -0.2) is 47.7 Å². The van der Waals surface area contributed by atoms with Gasteiger partial charge in [0.25, 0.3) is 0 Å². The van der Waals surface area contributed by atoms with E-state index >= 15 is 0 Å². The molecule has 0 aliphatic rings. The number of imidazole rings is 1. The molecule has 1 aromatic heterocycles. The van der Waals surface area contributed by atoms with Crippen molar-refractivity contribution in [1.82, 2.24) is 9.97 Å². The molecule has 110 valence electrons. The molecule has 21 heavy (non-hydrogen) atoms. The van der Waals surface area contributed by atoms with E-state index in [-0.39, 0.29) is 5.75 Å². The summed E-state index contributed by atoms with van der Waals surface area (Å²) in [4.78, 5) is 15.4. The van der Waals surface area contributed by atoms with E-state index in [1.807, 2.05) is 6.07 Å². The number of rotatable bonds is 7. The number of benzene rings is 1. The maximum atomic E-state index is 9.89. The lowest BCUT2D eigenvalue weighted by Gasteiger charge is -2.04. The number of phenols is 1. The summed E-state index contributed by atoms with van der Waals surface area (Å²) in [7, 11) is 1.52. The van der Waals surface area contributed by atoms with Crippen molar-refractivity contribution in [2.24, 2.45) is 9.98 Å². The van der Waals surface area contributed by atoms with Gasteiger partial charge in [-0.1, -0.05) is 6.07 Å². The van der Waals surface area contributed by atoms with Crippen LogP contribution in [0.3, 0.4) is 0 Å². The van der Waals surface area contributed by atoms with Crippen LogP contribution in [0.4, 0.5) is 0 Å². The molecule has 1 aromatic carbocycles. The highest BCUT2D eigenvalue weighted by Crippen LogP contribution is 2.27. The Kier molecular flexibility index (Phi) is 5.51.